The molecule has 0 radical (unpaired) electrons. The van der Waals surface area contributed by atoms with Gasteiger partial charge in [0, 0.05) is 19.1 Å². The second-order valence-corrected chi connectivity index (χ2v) is 5.42. The highest BCUT2D eigenvalue weighted by atomic mass is 35.5. The molecule has 0 unspecified atom stereocenters. The van der Waals surface area contributed by atoms with Crippen LogP contribution in [0.5, 0.6) is 0 Å². The molecular formula is C12H20ClN3O. The van der Waals surface area contributed by atoms with Crippen molar-refractivity contribution in [2.75, 3.05) is 19.0 Å². The molecule has 1 aromatic rings. The molecule has 1 aromatic heterocycles. The topological polar surface area (TPSA) is 47.0 Å². The Labute approximate surface area is 108 Å². The quantitative estimate of drug-likeness (QED) is 0.824. The summed E-state index contributed by atoms with van der Waals surface area (Å²) in [5.41, 5.74) is -0.194. The molecular weight excluding hydrogens is 238 g/mol. The van der Waals surface area contributed by atoms with Crippen LogP contribution >= 0.6 is 11.6 Å². The Morgan fingerprint density at radius 3 is 2.59 bits per heavy atom. The lowest BCUT2D eigenvalue weighted by Crippen LogP contribution is -2.36. The van der Waals surface area contributed by atoms with Crippen molar-refractivity contribution in [2.45, 2.75) is 39.2 Å². The van der Waals surface area contributed by atoms with Gasteiger partial charge in [-0.2, -0.15) is 0 Å². The molecule has 5 heteroatoms. The number of rotatable bonds is 5. The predicted octanol–water partition coefficient (Wildman–Crippen LogP) is 3.09. The van der Waals surface area contributed by atoms with E-state index in [1.165, 1.54) is 0 Å². The van der Waals surface area contributed by atoms with Gasteiger partial charge in [0.15, 0.2) is 0 Å². The molecule has 96 valence electrons. The van der Waals surface area contributed by atoms with Crippen molar-refractivity contribution in [3.05, 3.63) is 17.0 Å². The van der Waals surface area contributed by atoms with Gasteiger partial charge in [-0.1, -0.05) is 25.4 Å². The van der Waals surface area contributed by atoms with Gasteiger partial charge >= 0.3 is 0 Å². The van der Waals surface area contributed by atoms with Crippen molar-refractivity contribution in [3.63, 3.8) is 0 Å². The van der Waals surface area contributed by atoms with E-state index in [2.05, 4.69) is 15.3 Å². The highest BCUT2D eigenvalue weighted by molar-refractivity contribution is 6.29. The molecule has 0 aliphatic carbocycles. The van der Waals surface area contributed by atoms with Gasteiger partial charge < -0.3 is 10.1 Å². The third-order valence-electron chi connectivity index (χ3n) is 2.20. The molecule has 4 nitrogen and oxygen atoms in total. The highest BCUT2D eigenvalue weighted by Crippen LogP contribution is 2.19. The van der Waals surface area contributed by atoms with E-state index in [9.17, 15) is 0 Å². The molecule has 0 aliphatic rings. The maximum absolute atomic E-state index is 5.98. The number of hydrogen-bond donors (Lipinski definition) is 1. The Kier molecular flexibility index (Phi) is 4.71. The van der Waals surface area contributed by atoms with Gasteiger partial charge in [0.05, 0.1) is 12.1 Å². The first-order chi connectivity index (χ1) is 7.84. The Morgan fingerprint density at radius 1 is 1.41 bits per heavy atom. The molecule has 0 spiro atoms. The number of halogens is 1. The van der Waals surface area contributed by atoms with Crippen LogP contribution in [0.1, 0.15) is 39.4 Å². The van der Waals surface area contributed by atoms with Crippen LogP contribution in [0, 0.1) is 0 Å². The SMILES string of the molecule is COCC(C)(C)Nc1cc(Cl)nc(C(C)C)n1. The van der Waals surface area contributed by atoms with Crippen LogP contribution < -0.4 is 5.32 Å². The van der Waals surface area contributed by atoms with Crippen LogP contribution in [0.4, 0.5) is 5.82 Å². The summed E-state index contributed by atoms with van der Waals surface area (Å²) in [6.45, 7) is 8.75. The molecule has 1 heterocycles. The van der Waals surface area contributed by atoms with Crippen molar-refractivity contribution in [2.24, 2.45) is 0 Å². The summed E-state index contributed by atoms with van der Waals surface area (Å²) in [6.07, 6.45) is 0. The number of methoxy groups -OCH3 is 1. The van der Waals surface area contributed by atoms with E-state index in [1.54, 1.807) is 13.2 Å². The molecule has 0 aliphatic heterocycles. The van der Waals surface area contributed by atoms with E-state index in [0.717, 1.165) is 11.6 Å². The summed E-state index contributed by atoms with van der Waals surface area (Å²) in [4.78, 5) is 8.63. The van der Waals surface area contributed by atoms with Crippen LogP contribution in [0.3, 0.4) is 0 Å². The van der Waals surface area contributed by atoms with Gasteiger partial charge in [-0.3, -0.25) is 0 Å². The largest absolute Gasteiger partial charge is 0.382 e. The lowest BCUT2D eigenvalue weighted by molar-refractivity contribution is 0.158. The zero-order valence-corrected chi connectivity index (χ0v) is 11.8. The number of hydrogen-bond acceptors (Lipinski definition) is 4. The van der Waals surface area contributed by atoms with Crippen molar-refractivity contribution >= 4 is 17.4 Å². The van der Waals surface area contributed by atoms with Crippen molar-refractivity contribution in [3.8, 4) is 0 Å². The third kappa shape index (κ3) is 4.48. The van der Waals surface area contributed by atoms with Crippen molar-refractivity contribution < 1.29 is 4.74 Å². The smallest absolute Gasteiger partial charge is 0.135 e. The van der Waals surface area contributed by atoms with E-state index >= 15 is 0 Å². The zero-order chi connectivity index (χ0) is 13.1. The van der Waals surface area contributed by atoms with E-state index in [4.69, 9.17) is 16.3 Å². The fourth-order valence-corrected chi connectivity index (χ4v) is 1.69. The molecule has 0 aromatic carbocycles. The van der Waals surface area contributed by atoms with Gasteiger partial charge in [0.1, 0.15) is 16.8 Å². The average Bonchev–Trinajstić information content (AvgIpc) is 2.15. The van der Waals surface area contributed by atoms with E-state index in [-0.39, 0.29) is 11.5 Å². The van der Waals surface area contributed by atoms with Gasteiger partial charge in [-0.05, 0) is 13.8 Å². The Bertz CT molecular complexity index is 380. The van der Waals surface area contributed by atoms with E-state index in [0.29, 0.717) is 11.8 Å². The standard InChI is InChI=1S/C12H20ClN3O/c1-8(2)11-14-9(13)6-10(15-11)16-12(3,4)7-17-5/h6,8H,7H2,1-5H3,(H,14,15,16). The summed E-state index contributed by atoms with van der Waals surface area (Å²) < 4.78 is 5.15. The molecule has 0 fully saturated rings. The number of anilines is 1. The highest BCUT2D eigenvalue weighted by Gasteiger charge is 2.18. The minimum absolute atomic E-state index is 0.194. The number of nitrogens with one attached hydrogen (secondary N) is 1. The van der Waals surface area contributed by atoms with E-state index in [1.807, 2.05) is 27.7 Å². The number of nitrogens with zero attached hydrogens (tertiary/aromatic N) is 2. The van der Waals surface area contributed by atoms with Crippen LogP contribution in [-0.2, 0) is 4.74 Å². The Morgan fingerprint density at radius 2 is 2.06 bits per heavy atom. The van der Waals surface area contributed by atoms with Crippen molar-refractivity contribution in [1.29, 1.82) is 0 Å². The molecule has 0 saturated carbocycles. The summed E-state index contributed by atoms with van der Waals surface area (Å²) in [7, 11) is 1.68. The molecule has 0 atom stereocenters. The van der Waals surface area contributed by atoms with Gasteiger partial charge in [0.2, 0.25) is 0 Å². The normalized spacial score (nSPS) is 11.9. The lowest BCUT2D eigenvalue weighted by atomic mass is 10.1. The third-order valence-corrected chi connectivity index (χ3v) is 2.39. The lowest BCUT2D eigenvalue weighted by Gasteiger charge is -2.26. The van der Waals surface area contributed by atoms with Gasteiger partial charge in [0.25, 0.3) is 0 Å². The van der Waals surface area contributed by atoms with Crippen molar-refractivity contribution in [1.82, 2.24) is 9.97 Å². The Hall–Kier alpha value is -0.870. The first-order valence-electron chi connectivity index (χ1n) is 5.65. The minimum atomic E-state index is -0.194. The first kappa shape index (κ1) is 14.2. The summed E-state index contributed by atoms with van der Waals surface area (Å²) in [6, 6.07) is 1.73. The second kappa shape index (κ2) is 5.65. The van der Waals surface area contributed by atoms with E-state index < -0.39 is 0 Å². The molecule has 17 heavy (non-hydrogen) atoms. The zero-order valence-electron chi connectivity index (χ0n) is 11.0. The molecule has 0 bridgehead atoms. The van der Waals surface area contributed by atoms with Crippen LogP contribution in [0.2, 0.25) is 5.15 Å². The summed E-state index contributed by atoms with van der Waals surface area (Å²) >= 11 is 5.98. The van der Waals surface area contributed by atoms with Crippen LogP contribution in [0.15, 0.2) is 6.07 Å². The minimum Gasteiger partial charge on any atom is -0.382 e. The Balaban J connectivity index is 2.91. The fourth-order valence-electron chi connectivity index (χ4n) is 1.50. The monoisotopic (exact) mass is 257 g/mol. The first-order valence-corrected chi connectivity index (χ1v) is 6.03. The second-order valence-electron chi connectivity index (χ2n) is 5.03. The number of aromatic nitrogens is 2. The molecule has 0 amide bonds. The van der Waals surface area contributed by atoms with Crippen LogP contribution in [-0.4, -0.2) is 29.2 Å². The summed E-state index contributed by atoms with van der Waals surface area (Å²) in [5, 5.41) is 3.75. The fraction of sp³-hybridized carbons (Fsp3) is 0.667. The maximum atomic E-state index is 5.98. The number of ether oxygens (including phenoxy) is 1. The average molecular weight is 258 g/mol. The predicted molar refractivity (Wildman–Crippen MR) is 70.7 cm³/mol. The molecule has 0 saturated heterocycles. The maximum Gasteiger partial charge on any atom is 0.135 e. The van der Waals surface area contributed by atoms with Gasteiger partial charge in [-0.15, -0.1) is 0 Å². The molecule has 1 N–H and O–H groups in total. The molecule has 1 rings (SSSR count). The summed E-state index contributed by atoms with van der Waals surface area (Å²) in [5.74, 6) is 1.73. The van der Waals surface area contributed by atoms with Crippen LogP contribution in [0.25, 0.3) is 0 Å². The van der Waals surface area contributed by atoms with Gasteiger partial charge in [-0.25, -0.2) is 9.97 Å².